The van der Waals surface area contributed by atoms with Crippen molar-refractivity contribution in [2.45, 2.75) is 6.54 Å². The molecule has 0 radical (unpaired) electrons. The van der Waals surface area contributed by atoms with Gasteiger partial charge in [-0.15, -0.1) is 0 Å². The Hall–Kier alpha value is -4.21. The molecule has 0 spiro atoms. The highest BCUT2D eigenvalue weighted by molar-refractivity contribution is 6.38. The first-order chi connectivity index (χ1) is 17.4. The minimum atomic E-state index is -0.955. The van der Waals surface area contributed by atoms with E-state index in [-0.39, 0.29) is 19.0 Å². The standard InChI is InChI=1S/C25H18Cl2N4O5/c26-16-2-5-18(6-3-16)29-23(32)20-11-15-10-17(27)4-7-19(15)31(20)30-25(34)24(33)28-12-14-1-8-21-22(9-14)36-13-35-21/h1-11H,12-13H2,(H,28,33)(H,29,32)(H,30,34). The maximum Gasteiger partial charge on any atom is 0.328 e. The fourth-order valence-electron chi connectivity index (χ4n) is 3.67. The third-order valence-electron chi connectivity index (χ3n) is 5.41. The number of hydrogen-bond acceptors (Lipinski definition) is 5. The Morgan fingerprint density at radius 1 is 0.833 bits per heavy atom. The van der Waals surface area contributed by atoms with Crippen molar-refractivity contribution in [2.75, 3.05) is 17.5 Å². The minimum Gasteiger partial charge on any atom is -0.454 e. The zero-order valence-electron chi connectivity index (χ0n) is 18.5. The van der Waals surface area contributed by atoms with Gasteiger partial charge < -0.3 is 20.1 Å². The molecule has 4 aromatic rings. The van der Waals surface area contributed by atoms with E-state index < -0.39 is 17.7 Å². The molecule has 1 aliphatic heterocycles. The Balaban J connectivity index is 1.34. The molecule has 0 unspecified atom stereocenters. The summed E-state index contributed by atoms with van der Waals surface area (Å²) in [6.45, 7) is 0.229. The van der Waals surface area contributed by atoms with Crippen LogP contribution in [0.5, 0.6) is 11.5 Å². The summed E-state index contributed by atoms with van der Waals surface area (Å²) in [6, 6.07) is 18.3. The van der Waals surface area contributed by atoms with E-state index in [0.717, 1.165) is 5.56 Å². The predicted octanol–water partition coefficient (Wildman–Crippen LogP) is 4.32. The largest absolute Gasteiger partial charge is 0.454 e. The highest BCUT2D eigenvalue weighted by atomic mass is 35.5. The first-order valence-electron chi connectivity index (χ1n) is 10.7. The topological polar surface area (TPSA) is 111 Å². The Labute approximate surface area is 214 Å². The quantitative estimate of drug-likeness (QED) is 0.337. The summed E-state index contributed by atoms with van der Waals surface area (Å²) in [7, 11) is 0. The van der Waals surface area contributed by atoms with E-state index >= 15 is 0 Å². The van der Waals surface area contributed by atoms with E-state index in [0.29, 0.717) is 38.1 Å². The third-order valence-corrected chi connectivity index (χ3v) is 5.90. The van der Waals surface area contributed by atoms with Crippen molar-refractivity contribution in [3.05, 3.63) is 88.0 Å². The van der Waals surface area contributed by atoms with Crippen LogP contribution in [0, 0.1) is 0 Å². The fourth-order valence-corrected chi connectivity index (χ4v) is 3.97. The van der Waals surface area contributed by atoms with Gasteiger partial charge in [0.2, 0.25) is 6.79 Å². The summed E-state index contributed by atoms with van der Waals surface area (Å²) >= 11 is 12.0. The number of nitrogens with one attached hydrogen (secondary N) is 3. The number of carbonyl (C=O) groups excluding carboxylic acids is 3. The van der Waals surface area contributed by atoms with Gasteiger partial charge in [-0.3, -0.25) is 19.8 Å². The SMILES string of the molecule is O=C(NCc1ccc2c(c1)OCO2)C(=O)Nn1c(C(=O)Nc2ccc(Cl)cc2)cc2cc(Cl)ccc21. The zero-order valence-corrected chi connectivity index (χ0v) is 20.0. The van der Waals surface area contributed by atoms with Crippen LogP contribution in [-0.4, -0.2) is 29.2 Å². The Bertz CT molecular complexity index is 1500. The number of fused-ring (bicyclic) bond motifs is 2. The van der Waals surface area contributed by atoms with Crippen molar-refractivity contribution in [1.82, 2.24) is 9.99 Å². The number of halogens is 2. The lowest BCUT2D eigenvalue weighted by molar-refractivity contribution is -0.136. The summed E-state index contributed by atoms with van der Waals surface area (Å²) < 4.78 is 11.8. The number of nitrogens with zero attached hydrogens (tertiary/aromatic N) is 1. The molecule has 1 aromatic heterocycles. The molecule has 2 heterocycles. The molecule has 182 valence electrons. The number of carbonyl (C=O) groups is 3. The van der Waals surface area contributed by atoms with Gasteiger partial charge >= 0.3 is 11.8 Å². The van der Waals surface area contributed by atoms with Crippen LogP contribution >= 0.6 is 23.2 Å². The Morgan fingerprint density at radius 2 is 1.58 bits per heavy atom. The number of ether oxygens (including phenoxy) is 2. The number of amides is 3. The summed E-state index contributed by atoms with van der Waals surface area (Å²) in [5.41, 5.74) is 4.32. The second-order valence-electron chi connectivity index (χ2n) is 7.84. The summed E-state index contributed by atoms with van der Waals surface area (Å²) in [5, 5.41) is 6.89. The number of aromatic nitrogens is 1. The van der Waals surface area contributed by atoms with E-state index in [1.807, 2.05) is 0 Å². The molecular weight excluding hydrogens is 507 g/mol. The molecule has 9 nitrogen and oxygen atoms in total. The highest BCUT2D eigenvalue weighted by Gasteiger charge is 2.21. The molecule has 3 aromatic carbocycles. The normalized spacial score (nSPS) is 11.8. The second kappa shape index (κ2) is 9.80. The molecule has 1 aliphatic rings. The number of hydrogen-bond donors (Lipinski definition) is 3. The first-order valence-corrected chi connectivity index (χ1v) is 11.5. The van der Waals surface area contributed by atoms with Crippen LogP contribution in [0.2, 0.25) is 10.0 Å². The molecule has 5 rings (SSSR count). The van der Waals surface area contributed by atoms with Gasteiger partial charge in [-0.25, -0.2) is 4.68 Å². The predicted molar refractivity (Wildman–Crippen MR) is 135 cm³/mol. The van der Waals surface area contributed by atoms with Gasteiger partial charge in [0.05, 0.1) is 5.52 Å². The molecule has 3 N–H and O–H groups in total. The van der Waals surface area contributed by atoms with Gasteiger partial charge in [0, 0.05) is 27.7 Å². The van der Waals surface area contributed by atoms with Gasteiger partial charge in [-0.05, 0) is 66.2 Å². The highest BCUT2D eigenvalue weighted by Crippen LogP contribution is 2.32. The molecule has 0 bridgehead atoms. The zero-order chi connectivity index (χ0) is 25.2. The molecule has 0 saturated carbocycles. The Kier molecular flexibility index (Phi) is 6.41. The summed E-state index contributed by atoms with van der Waals surface area (Å²) in [5.74, 6) is -1.16. The second-order valence-corrected chi connectivity index (χ2v) is 8.71. The maximum atomic E-state index is 13.1. The van der Waals surface area contributed by atoms with Crippen molar-refractivity contribution in [2.24, 2.45) is 0 Å². The van der Waals surface area contributed by atoms with Gasteiger partial charge in [-0.2, -0.15) is 0 Å². The number of benzene rings is 3. The van der Waals surface area contributed by atoms with Crippen LogP contribution in [0.3, 0.4) is 0 Å². The van der Waals surface area contributed by atoms with Crippen LogP contribution in [0.1, 0.15) is 16.1 Å². The van der Waals surface area contributed by atoms with Crippen LogP contribution in [0.4, 0.5) is 5.69 Å². The average molecular weight is 525 g/mol. The molecule has 0 atom stereocenters. The number of rotatable bonds is 5. The van der Waals surface area contributed by atoms with Gasteiger partial charge in [0.15, 0.2) is 11.5 Å². The molecule has 0 fully saturated rings. The van der Waals surface area contributed by atoms with Gasteiger partial charge in [0.1, 0.15) is 5.69 Å². The molecule has 0 saturated heterocycles. The average Bonchev–Trinajstić information content (AvgIpc) is 3.48. The molecule has 3 amide bonds. The minimum absolute atomic E-state index is 0.0921. The van der Waals surface area contributed by atoms with E-state index in [2.05, 4.69) is 16.1 Å². The third kappa shape index (κ3) is 4.93. The van der Waals surface area contributed by atoms with Gasteiger partial charge in [0.25, 0.3) is 5.91 Å². The van der Waals surface area contributed by atoms with E-state index in [1.165, 1.54) is 4.68 Å². The fraction of sp³-hybridized carbons (Fsp3) is 0.0800. The maximum absolute atomic E-state index is 13.1. The van der Waals surface area contributed by atoms with Crippen molar-refractivity contribution in [3.63, 3.8) is 0 Å². The molecule has 0 aliphatic carbocycles. The van der Waals surface area contributed by atoms with Crippen LogP contribution in [-0.2, 0) is 16.1 Å². The van der Waals surface area contributed by atoms with E-state index in [9.17, 15) is 14.4 Å². The Morgan fingerprint density at radius 3 is 2.39 bits per heavy atom. The molecule has 11 heteroatoms. The lowest BCUT2D eigenvalue weighted by Gasteiger charge is -2.13. The van der Waals surface area contributed by atoms with Crippen LogP contribution in [0.25, 0.3) is 10.9 Å². The lowest BCUT2D eigenvalue weighted by atomic mass is 10.2. The monoisotopic (exact) mass is 524 g/mol. The number of anilines is 1. The van der Waals surface area contributed by atoms with Crippen molar-refractivity contribution in [1.29, 1.82) is 0 Å². The smallest absolute Gasteiger partial charge is 0.328 e. The van der Waals surface area contributed by atoms with Crippen LogP contribution < -0.4 is 25.5 Å². The van der Waals surface area contributed by atoms with Crippen molar-refractivity contribution in [3.8, 4) is 11.5 Å². The first kappa shape index (κ1) is 23.5. The summed E-state index contributed by atoms with van der Waals surface area (Å²) in [6.07, 6.45) is 0. The molecular formula is C25H18Cl2N4O5. The summed E-state index contributed by atoms with van der Waals surface area (Å²) in [4.78, 5) is 38.3. The van der Waals surface area contributed by atoms with Crippen molar-refractivity contribution >= 4 is 57.5 Å². The van der Waals surface area contributed by atoms with E-state index in [4.69, 9.17) is 32.7 Å². The van der Waals surface area contributed by atoms with Crippen molar-refractivity contribution < 1.29 is 23.9 Å². The molecule has 36 heavy (non-hydrogen) atoms. The van der Waals surface area contributed by atoms with Gasteiger partial charge in [-0.1, -0.05) is 29.3 Å². The van der Waals surface area contributed by atoms with E-state index in [1.54, 1.807) is 66.7 Å². The van der Waals surface area contributed by atoms with Crippen LogP contribution in [0.15, 0.2) is 66.7 Å². The lowest BCUT2D eigenvalue weighted by Crippen LogP contribution is -2.39.